The standard InChI is InChI=1S/C40H30B2N2O6/c1-19-43-24-16-8-10-18-26(24)44(19)25-17-9-7-15-23(25)28-30-29(35(45)33(41)34(42)36(30)46)27(31-32(28)38(48)40(50)39(49)37(31)47)22-14-6-5-13-21(22)20-11-3-2-4-12-20/h2-18,45-50H,41-42H2,1H3. The van der Waals surface area contributed by atoms with Crippen LogP contribution in [0.2, 0.25) is 0 Å². The Morgan fingerprint density at radius 1 is 0.480 bits per heavy atom. The Labute approximate surface area is 288 Å². The molecular formula is C40H30B2N2O6. The molecule has 1 heterocycles. The van der Waals surface area contributed by atoms with Crippen LogP contribution in [0.1, 0.15) is 5.82 Å². The third-order valence-electron chi connectivity index (χ3n) is 9.82. The number of phenolic OH excluding ortho intramolecular Hbond substituents is 6. The predicted molar refractivity (Wildman–Crippen MR) is 203 cm³/mol. The van der Waals surface area contributed by atoms with Gasteiger partial charge in [0.2, 0.25) is 11.5 Å². The maximum Gasteiger partial charge on any atom is 0.204 e. The van der Waals surface area contributed by atoms with Crippen molar-refractivity contribution in [3.63, 3.8) is 0 Å². The number of hydrogen-bond acceptors (Lipinski definition) is 7. The van der Waals surface area contributed by atoms with E-state index in [0.29, 0.717) is 33.6 Å². The van der Waals surface area contributed by atoms with Crippen LogP contribution >= 0.6 is 0 Å². The minimum atomic E-state index is -0.924. The Kier molecular flexibility index (Phi) is 6.94. The maximum atomic E-state index is 12.2. The van der Waals surface area contributed by atoms with Gasteiger partial charge >= 0.3 is 0 Å². The van der Waals surface area contributed by atoms with Crippen molar-refractivity contribution in [2.24, 2.45) is 0 Å². The third-order valence-corrected chi connectivity index (χ3v) is 9.82. The van der Waals surface area contributed by atoms with Gasteiger partial charge in [0.25, 0.3) is 0 Å². The summed E-state index contributed by atoms with van der Waals surface area (Å²) in [6.07, 6.45) is 0. The predicted octanol–water partition coefficient (Wildman–Crippen LogP) is 5.39. The van der Waals surface area contributed by atoms with Gasteiger partial charge in [0, 0.05) is 38.2 Å². The van der Waals surface area contributed by atoms with E-state index in [2.05, 4.69) is 0 Å². The van der Waals surface area contributed by atoms with Crippen molar-refractivity contribution >= 4 is 59.2 Å². The molecule has 0 fully saturated rings. The lowest BCUT2D eigenvalue weighted by atomic mass is 9.73. The number of nitrogens with zero attached hydrogens (tertiary/aromatic N) is 2. The smallest absolute Gasteiger partial charge is 0.204 e. The molecule has 0 spiro atoms. The summed E-state index contributed by atoms with van der Waals surface area (Å²) in [6, 6.07) is 31.9. The van der Waals surface area contributed by atoms with Crippen LogP contribution in [-0.2, 0) is 0 Å². The van der Waals surface area contributed by atoms with E-state index in [-0.39, 0.29) is 44.2 Å². The Morgan fingerprint density at radius 3 is 1.56 bits per heavy atom. The van der Waals surface area contributed by atoms with Gasteiger partial charge in [-0.15, -0.1) is 0 Å². The molecule has 8 nitrogen and oxygen atoms in total. The van der Waals surface area contributed by atoms with Crippen molar-refractivity contribution in [2.45, 2.75) is 6.92 Å². The Balaban J connectivity index is 1.67. The van der Waals surface area contributed by atoms with Crippen LogP contribution in [0.5, 0.6) is 34.5 Å². The van der Waals surface area contributed by atoms with E-state index in [4.69, 9.17) is 4.98 Å². The second kappa shape index (κ2) is 11.3. The van der Waals surface area contributed by atoms with E-state index in [1.54, 1.807) is 27.8 Å². The summed E-state index contributed by atoms with van der Waals surface area (Å²) in [5.74, 6) is -2.88. The minimum Gasteiger partial charge on any atom is -0.508 e. The molecule has 0 atom stereocenters. The van der Waals surface area contributed by atoms with Gasteiger partial charge in [-0.25, -0.2) is 4.98 Å². The fourth-order valence-corrected chi connectivity index (χ4v) is 7.33. The number of phenols is 6. The van der Waals surface area contributed by atoms with Crippen molar-refractivity contribution in [1.82, 2.24) is 9.55 Å². The second-order valence-electron chi connectivity index (χ2n) is 12.5. The molecule has 10 heteroatoms. The highest BCUT2D eigenvalue weighted by molar-refractivity contribution is 6.53. The maximum absolute atomic E-state index is 12.2. The highest BCUT2D eigenvalue weighted by Gasteiger charge is 2.32. The lowest BCUT2D eigenvalue weighted by Gasteiger charge is -2.25. The summed E-state index contributed by atoms with van der Waals surface area (Å²) in [4.78, 5) is 4.77. The number of aromatic nitrogens is 2. The number of hydrogen-bond donors (Lipinski definition) is 6. The quantitative estimate of drug-likeness (QED) is 0.0647. The molecule has 0 radical (unpaired) electrons. The molecule has 50 heavy (non-hydrogen) atoms. The fourth-order valence-electron chi connectivity index (χ4n) is 7.33. The first-order valence-electron chi connectivity index (χ1n) is 16.1. The third kappa shape index (κ3) is 4.24. The number of imidazole rings is 1. The molecule has 7 aromatic carbocycles. The van der Waals surface area contributed by atoms with Gasteiger partial charge in [-0.3, -0.25) is 4.57 Å². The van der Waals surface area contributed by atoms with Crippen molar-refractivity contribution in [3.8, 4) is 73.6 Å². The molecule has 0 aliphatic carbocycles. The van der Waals surface area contributed by atoms with Crippen LogP contribution in [-0.4, -0.2) is 55.9 Å². The molecule has 0 aliphatic rings. The van der Waals surface area contributed by atoms with Crippen LogP contribution in [0.3, 0.4) is 0 Å². The van der Waals surface area contributed by atoms with E-state index < -0.39 is 23.0 Å². The lowest BCUT2D eigenvalue weighted by molar-refractivity contribution is 0.351. The number of fused-ring (bicyclic) bond motifs is 3. The van der Waals surface area contributed by atoms with Crippen molar-refractivity contribution in [2.75, 3.05) is 0 Å². The fraction of sp³-hybridized carbons (Fsp3) is 0.0250. The first kappa shape index (κ1) is 30.8. The summed E-state index contributed by atoms with van der Waals surface area (Å²) in [5.41, 5.74) is 6.10. The Bertz CT molecular complexity index is 2630. The van der Waals surface area contributed by atoms with Crippen molar-refractivity contribution in [3.05, 3.63) is 109 Å². The van der Waals surface area contributed by atoms with Gasteiger partial charge in [-0.05, 0) is 52.7 Å². The molecule has 1 aromatic heterocycles. The summed E-state index contributed by atoms with van der Waals surface area (Å²) in [5, 5.41) is 70.5. The largest absolute Gasteiger partial charge is 0.508 e. The van der Waals surface area contributed by atoms with Gasteiger partial charge in [0.05, 0.1) is 16.7 Å². The van der Waals surface area contributed by atoms with E-state index >= 15 is 0 Å². The zero-order valence-corrected chi connectivity index (χ0v) is 27.4. The zero-order chi connectivity index (χ0) is 35.0. The van der Waals surface area contributed by atoms with Crippen LogP contribution < -0.4 is 10.9 Å². The van der Waals surface area contributed by atoms with Gasteiger partial charge in [0.1, 0.15) is 33.0 Å². The van der Waals surface area contributed by atoms with Crippen LogP contribution in [0.25, 0.3) is 71.6 Å². The molecule has 6 N–H and O–H groups in total. The Hall–Kier alpha value is -6.54. The lowest BCUT2D eigenvalue weighted by Crippen LogP contribution is -2.26. The number of benzene rings is 7. The highest BCUT2D eigenvalue weighted by Crippen LogP contribution is 2.59. The van der Waals surface area contributed by atoms with Gasteiger partial charge in [-0.1, -0.05) is 84.9 Å². The summed E-state index contributed by atoms with van der Waals surface area (Å²) in [6.45, 7) is 1.88. The summed E-state index contributed by atoms with van der Waals surface area (Å²) >= 11 is 0. The topological polar surface area (TPSA) is 139 Å². The van der Waals surface area contributed by atoms with Gasteiger partial charge < -0.3 is 30.6 Å². The second-order valence-corrected chi connectivity index (χ2v) is 12.5. The van der Waals surface area contributed by atoms with E-state index in [1.807, 2.05) is 102 Å². The molecule has 0 unspecified atom stereocenters. The molecule has 242 valence electrons. The first-order valence-corrected chi connectivity index (χ1v) is 16.1. The Morgan fingerprint density at radius 2 is 0.940 bits per heavy atom. The zero-order valence-electron chi connectivity index (χ0n) is 27.4. The number of para-hydroxylation sites is 3. The first-order chi connectivity index (χ1) is 24.1. The number of aromatic hydroxyl groups is 6. The van der Waals surface area contributed by atoms with Gasteiger partial charge in [-0.2, -0.15) is 0 Å². The minimum absolute atomic E-state index is 0.0244. The highest BCUT2D eigenvalue weighted by atomic mass is 16.3. The van der Waals surface area contributed by atoms with Crippen LogP contribution in [0, 0.1) is 6.92 Å². The monoisotopic (exact) mass is 656 g/mol. The summed E-state index contributed by atoms with van der Waals surface area (Å²) < 4.78 is 1.95. The molecule has 0 saturated heterocycles. The van der Waals surface area contributed by atoms with E-state index in [0.717, 1.165) is 22.2 Å². The molecule has 0 bridgehead atoms. The average molecular weight is 656 g/mol. The molecule has 8 rings (SSSR count). The van der Waals surface area contributed by atoms with Gasteiger partial charge in [0.15, 0.2) is 11.5 Å². The van der Waals surface area contributed by atoms with E-state index in [1.165, 1.54) is 0 Å². The molecule has 0 amide bonds. The number of rotatable bonds is 4. The average Bonchev–Trinajstić information content (AvgIpc) is 3.49. The SMILES string of the molecule is Bc1c(B)c(O)c2c(-c3ccccc3-n3c(C)nc4ccccc43)c3c(O)c(O)c(O)c(O)c3c(-c3ccccc3-c3ccccc3)c2c1O. The summed E-state index contributed by atoms with van der Waals surface area (Å²) in [7, 11) is 3.39. The van der Waals surface area contributed by atoms with Crippen LogP contribution in [0.4, 0.5) is 0 Å². The van der Waals surface area contributed by atoms with Crippen molar-refractivity contribution in [1.29, 1.82) is 0 Å². The van der Waals surface area contributed by atoms with Crippen molar-refractivity contribution < 1.29 is 30.6 Å². The number of aryl methyl sites for hydroxylation is 1. The molecule has 0 saturated carbocycles. The molecule has 8 aromatic rings. The van der Waals surface area contributed by atoms with E-state index in [9.17, 15) is 30.6 Å². The van der Waals surface area contributed by atoms with Crippen LogP contribution in [0.15, 0.2) is 103 Å². The molecular weight excluding hydrogens is 626 g/mol. The normalized spacial score (nSPS) is 11.5. The molecule has 0 aliphatic heterocycles.